The first-order valence-corrected chi connectivity index (χ1v) is 7.87. The van der Waals surface area contributed by atoms with E-state index in [-0.39, 0.29) is 11.9 Å². The van der Waals surface area contributed by atoms with Crippen LogP contribution in [0.5, 0.6) is 0 Å². The summed E-state index contributed by atoms with van der Waals surface area (Å²) < 4.78 is 18.5. The van der Waals surface area contributed by atoms with Crippen molar-refractivity contribution < 1.29 is 8.91 Å². The molecule has 1 N–H and O–H groups in total. The van der Waals surface area contributed by atoms with E-state index in [0.717, 1.165) is 6.54 Å². The Bertz CT molecular complexity index is 768. The van der Waals surface area contributed by atoms with Crippen molar-refractivity contribution in [2.24, 2.45) is 0 Å². The molecule has 114 valence electrons. The van der Waals surface area contributed by atoms with Crippen LogP contribution in [-0.4, -0.2) is 10.1 Å². The van der Waals surface area contributed by atoms with E-state index in [2.05, 4.69) is 33.8 Å². The lowest BCUT2D eigenvalue weighted by atomic mass is 10.2. The van der Waals surface area contributed by atoms with Gasteiger partial charge in [0.15, 0.2) is 0 Å². The summed E-state index contributed by atoms with van der Waals surface area (Å²) in [5, 5.41) is 9.35. The van der Waals surface area contributed by atoms with Gasteiger partial charge in [-0.2, -0.15) is 4.98 Å². The lowest BCUT2D eigenvalue weighted by Gasteiger charge is -2.08. The molecule has 0 spiro atoms. The van der Waals surface area contributed by atoms with Crippen LogP contribution in [0.15, 0.2) is 40.2 Å². The van der Waals surface area contributed by atoms with Crippen molar-refractivity contribution in [2.45, 2.75) is 26.4 Å². The van der Waals surface area contributed by atoms with Gasteiger partial charge in [-0.05, 0) is 43.0 Å². The molecule has 0 amide bonds. The second kappa shape index (κ2) is 6.37. The number of aromatic nitrogens is 2. The standard InChI is InChI=1S/C16H16FN3OS/c1-10-6-7-22-14(10)9-18-11(2)16-19-15(20-21-16)12-4-3-5-13(17)8-12/h3-8,11,18H,9H2,1-2H3. The molecule has 0 radical (unpaired) electrons. The van der Waals surface area contributed by atoms with Gasteiger partial charge in [0, 0.05) is 17.0 Å². The lowest BCUT2D eigenvalue weighted by Crippen LogP contribution is -2.18. The van der Waals surface area contributed by atoms with Gasteiger partial charge in [-0.1, -0.05) is 17.3 Å². The molecule has 1 unspecified atom stereocenters. The third-order valence-corrected chi connectivity index (χ3v) is 4.45. The maximum absolute atomic E-state index is 13.2. The van der Waals surface area contributed by atoms with E-state index in [1.54, 1.807) is 23.5 Å². The van der Waals surface area contributed by atoms with E-state index >= 15 is 0 Å². The van der Waals surface area contributed by atoms with Crippen LogP contribution in [-0.2, 0) is 6.54 Å². The van der Waals surface area contributed by atoms with Crippen LogP contribution < -0.4 is 5.32 Å². The van der Waals surface area contributed by atoms with Crippen LogP contribution in [0.2, 0.25) is 0 Å². The number of hydrogen-bond donors (Lipinski definition) is 1. The molecule has 2 aromatic heterocycles. The van der Waals surface area contributed by atoms with Crippen LogP contribution >= 0.6 is 11.3 Å². The number of benzene rings is 1. The Labute approximate surface area is 132 Å². The fourth-order valence-electron chi connectivity index (χ4n) is 2.07. The number of nitrogens with zero attached hydrogens (tertiary/aromatic N) is 2. The molecule has 1 atom stereocenters. The minimum absolute atomic E-state index is 0.0729. The molecule has 0 aliphatic rings. The van der Waals surface area contributed by atoms with Crippen molar-refractivity contribution in [3.8, 4) is 11.4 Å². The van der Waals surface area contributed by atoms with Crippen molar-refractivity contribution in [3.63, 3.8) is 0 Å². The van der Waals surface area contributed by atoms with E-state index in [9.17, 15) is 4.39 Å². The van der Waals surface area contributed by atoms with Crippen molar-refractivity contribution >= 4 is 11.3 Å². The average molecular weight is 317 g/mol. The van der Waals surface area contributed by atoms with Crippen molar-refractivity contribution in [2.75, 3.05) is 0 Å². The Morgan fingerprint density at radius 1 is 1.36 bits per heavy atom. The van der Waals surface area contributed by atoms with Gasteiger partial charge in [0.25, 0.3) is 0 Å². The van der Waals surface area contributed by atoms with E-state index in [0.29, 0.717) is 17.3 Å². The Kier molecular flexibility index (Phi) is 4.31. The number of aryl methyl sites for hydroxylation is 1. The van der Waals surface area contributed by atoms with E-state index in [1.807, 2.05) is 6.92 Å². The molecule has 0 saturated carbocycles. The van der Waals surface area contributed by atoms with Crippen molar-refractivity contribution in [1.29, 1.82) is 0 Å². The topological polar surface area (TPSA) is 51.0 Å². The van der Waals surface area contributed by atoms with E-state index < -0.39 is 0 Å². The molecule has 6 heteroatoms. The van der Waals surface area contributed by atoms with Gasteiger partial charge in [-0.3, -0.25) is 0 Å². The zero-order valence-electron chi connectivity index (χ0n) is 12.3. The summed E-state index contributed by atoms with van der Waals surface area (Å²) in [7, 11) is 0. The van der Waals surface area contributed by atoms with Crippen LogP contribution in [0, 0.1) is 12.7 Å². The third kappa shape index (κ3) is 3.23. The number of halogens is 1. The minimum atomic E-state index is -0.316. The molecule has 22 heavy (non-hydrogen) atoms. The highest BCUT2D eigenvalue weighted by Gasteiger charge is 2.15. The Morgan fingerprint density at radius 2 is 2.23 bits per heavy atom. The largest absolute Gasteiger partial charge is 0.337 e. The van der Waals surface area contributed by atoms with Crippen LogP contribution in [0.1, 0.15) is 29.3 Å². The monoisotopic (exact) mass is 317 g/mol. The van der Waals surface area contributed by atoms with Crippen molar-refractivity contribution in [1.82, 2.24) is 15.5 Å². The van der Waals surface area contributed by atoms with Gasteiger partial charge in [-0.25, -0.2) is 4.39 Å². The molecule has 3 aromatic rings. The average Bonchev–Trinajstić information content (AvgIpc) is 3.14. The normalized spacial score (nSPS) is 12.5. The van der Waals surface area contributed by atoms with Gasteiger partial charge in [0.2, 0.25) is 11.7 Å². The summed E-state index contributed by atoms with van der Waals surface area (Å²) in [6.07, 6.45) is 0. The second-order valence-corrected chi connectivity index (χ2v) is 6.10. The van der Waals surface area contributed by atoms with Gasteiger partial charge in [-0.15, -0.1) is 11.3 Å². The number of hydrogen-bond acceptors (Lipinski definition) is 5. The van der Waals surface area contributed by atoms with Crippen LogP contribution in [0.3, 0.4) is 0 Å². The fourth-order valence-corrected chi connectivity index (χ4v) is 2.93. The summed E-state index contributed by atoms with van der Waals surface area (Å²) in [6.45, 7) is 4.81. The fraction of sp³-hybridized carbons (Fsp3) is 0.250. The summed E-state index contributed by atoms with van der Waals surface area (Å²) in [4.78, 5) is 5.63. The smallest absolute Gasteiger partial charge is 0.243 e. The first-order chi connectivity index (χ1) is 10.6. The maximum Gasteiger partial charge on any atom is 0.243 e. The highest BCUT2D eigenvalue weighted by Crippen LogP contribution is 2.21. The molecule has 0 aliphatic heterocycles. The number of nitrogens with one attached hydrogen (secondary N) is 1. The molecule has 0 bridgehead atoms. The maximum atomic E-state index is 13.2. The Morgan fingerprint density at radius 3 is 2.95 bits per heavy atom. The first kappa shape index (κ1) is 14.9. The van der Waals surface area contributed by atoms with Crippen molar-refractivity contribution in [3.05, 3.63) is 57.9 Å². The SMILES string of the molecule is Cc1ccsc1CNC(C)c1nc(-c2cccc(F)c2)no1. The molecular formula is C16H16FN3OS. The highest BCUT2D eigenvalue weighted by molar-refractivity contribution is 7.10. The summed E-state index contributed by atoms with van der Waals surface area (Å²) in [6, 6.07) is 8.18. The summed E-state index contributed by atoms with van der Waals surface area (Å²) >= 11 is 1.72. The zero-order valence-corrected chi connectivity index (χ0v) is 13.2. The number of rotatable bonds is 5. The molecule has 3 rings (SSSR count). The van der Waals surface area contributed by atoms with Crippen LogP contribution in [0.4, 0.5) is 4.39 Å². The second-order valence-electron chi connectivity index (χ2n) is 5.10. The molecule has 1 aromatic carbocycles. The Balaban J connectivity index is 1.69. The van der Waals surface area contributed by atoms with Gasteiger partial charge < -0.3 is 9.84 Å². The minimum Gasteiger partial charge on any atom is -0.337 e. The molecular weight excluding hydrogens is 301 g/mol. The van der Waals surface area contributed by atoms with E-state index in [1.165, 1.54) is 22.6 Å². The molecule has 0 saturated heterocycles. The zero-order chi connectivity index (χ0) is 15.5. The molecule has 4 nitrogen and oxygen atoms in total. The van der Waals surface area contributed by atoms with Gasteiger partial charge in [0.05, 0.1) is 6.04 Å². The Hall–Kier alpha value is -2.05. The quantitative estimate of drug-likeness (QED) is 0.770. The first-order valence-electron chi connectivity index (χ1n) is 6.99. The van der Waals surface area contributed by atoms with Gasteiger partial charge in [0.1, 0.15) is 5.82 Å². The van der Waals surface area contributed by atoms with E-state index in [4.69, 9.17) is 4.52 Å². The highest BCUT2D eigenvalue weighted by atomic mass is 32.1. The predicted molar refractivity (Wildman–Crippen MR) is 84.0 cm³/mol. The van der Waals surface area contributed by atoms with Gasteiger partial charge >= 0.3 is 0 Å². The number of thiophene rings is 1. The lowest BCUT2D eigenvalue weighted by molar-refractivity contribution is 0.339. The van der Waals surface area contributed by atoms with Crippen LogP contribution in [0.25, 0.3) is 11.4 Å². The predicted octanol–water partition coefficient (Wildman–Crippen LogP) is 4.10. The summed E-state index contributed by atoms with van der Waals surface area (Å²) in [5.74, 6) is 0.576. The summed E-state index contributed by atoms with van der Waals surface area (Å²) in [5.41, 5.74) is 1.88. The third-order valence-electron chi connectivity index (χ3n) is 3.43. The molecule has 0 fully saturated rings. The molecule has 2 heterocycles. The molecule has 0 aliphatic carbocycles.